The zero-order valence-corrected chi connectivity index (χ0v) is 10.3. The first-order chi connectivity index (χ1) is 8.92. The van der Waals surface area contributed by atoms with Crippen molar-refractivity contribution in [3.63, 3.8) is 0 Å². The highest BCUT2D eigenvalue weighted by Gasteiger charge is 2.15. The SMILES string of the molecule is c1cnc(-c2cnc(CC3CCNCC3)[nH]2)cn1. The van der Waals surface area contributed by atoms with Crippen molar-refractivity contribution < 1.29 is 0 Å². The Balaban J connectivity index is 1.69. The van der Waals surface area contributed by atoms with Crippen molar-refractivity contribution in [2.75, 3.05) is 13.1 Å². The van der Waals surface area contributed by atoms with Crippen LogP contribution in [0.5, 0.6) is 0 Å². The molecule has 1 saturated heterocycles. The zero-order chi connectivity index (χ0) is 12.2. The van der Waals surface area contributed by atoms with E-state index in [0.29, 0.717) is 0 Å². The first kappa shape index (κ1) is 11.3. The molecule has 2 aromatic rings. The third-order valence-corrected chi connectivity index (χ3v) is 3.41. The van der Waals surface area contributed by atoms with Gasteiger partial charge in [-0.2, -0.15) is 0 Å². The largest absolute Gasteiger partial charge is 0.341 e. The van der Waals surface area contributed by atoms with Gasteiger partial charge in [0.15, 0.2) is 0 Å². The second-order valence-electron chi connectivity index (χ2n) is 4.73. The van der Waals surface area contributed by atoms with E-state index in [0.717, 1.165) is 42.6 Å². The number of nitrogens with zero attached hydrogens (tertiary/aromatic N) is 3. The molecule has 5 heteroatoms. The molecule has 0 aromatic carbocycles. The van der Waals surface area contributed by atoms with Gasteiger partial charge in [-0.15, -0.1) is 0 Å². The first-order valence-corrected chi connectivity index (χ1v) is 6.43. The van der Waals surface area contributed by atoms with Crippen molar-refractivity contribution in [1.29, 1.82) is 0 Å². The normalized spacial score (nSPS) is 16.9. The van der Waals surface area contributed by atoms with Gasteiger partial charge in [0.1, 0.15) is 11.5 Å². The maximum atomic E-state index is 4.44. The zero-order valence-electron chi connectivity index (χ0n) is 10.3. The monoisotopic (exact) mass is 243 g/mol. The van der Waals surface area contributed by atoms with Gasteiger partial charge in [-0.05, 0) is 31.8 Å². The number of H-pyrrole nitrogens is 1. The average Bonchev–Trinajstić information content (AvgIpc) is 2.89. The molecule has 0 unspecified atom stereocenters. The summed E-state index contributed by atoms with van der Waals surface area (Å²) in [6, 6.07) is 0. The van der Waals surface area contributed by atoms with Crippen LogP contribution in [0, 0.1) is 5.92 Å². The second kappa shape index (κ2) is 5.27. The number of rotatable bonds is 3. The minimum Gasteiger partial charge on any atom is -0.341 e. The Morgan fingerprint density at radius 2 is 2.00 bits per heavy atom. The van der Waals surface area contributed by atoms with Gasteiger partial charge in [-0.1, -0.05) is 0 Å². The molecule has 1 aliphatic heterocycles. The third kappa shape index (κ3) is 2.56. The highest BCUT2D eigenvalue weighted by Crippen LogP contribution is 2.18. The number of hydrogen-bond acceptors (Lipinski definition) is 4. The molecule has 3 heterocycles. The Labute approximate surface area is 106 Å². The van der Waals surface area contributed by atoms with E-state index in [9.17, 15) is 0 Å². The van der Waals surface area contributed by atoms with Crippen molar-refractivity contribution in [2.24, 2.45) is 5.92 Å². The summed E-state index contributed by atoms with van der Waals surface area (Å²) in [4.78, 5) is 16.1. The topological polar surface area (TPSA) is 66.5 Å². The van der Waals surface area contributed by atoms with Crippen LogP contribution in [-0.4, -0.2) is 33.0 Å². The lowest BCUT2D eigenvalue weighted by atomic mass is 9.94. The van der Waals surface area contributed by atoms with E-state index in [-0.39, 0.29) is 0 Å². The van der Waals surface area contributed by atoms with Crippen LogP contribution < -0.4 is 5.32 Å². The molecule has 2 aromatic heterocycles. The first-order valence-electron chi connectivity index (χ1n) is 6.43. The number of aromatic nitrogens is 4. The Kier molecular flexibility index (Phi) is 3.32. The lowest BCUT2D eigenvalue weighted by Gasteiger charge is -2.21. The van der Waals surface area contributed by atoms with Crippen LogP contribution in [0.1, 0.15) is 18.7 Å². The van der Waals surface area contributed by atoms with Crippen LogP contribution in [0.4, 0.5) is 0 Å². The Bertz CT molecular complexity index is 487. The van der Waals surface area contributed by atoms with E-state index in [1.165, 1.54) is 12.8 Å². The maximum Gasteiger partial charge on any atom is 0.106 e. The van der Waals surface area contributed by atoms with E-state index < -0.39 is 0 Å². The van der Waals surface area contributed by atoms with Crippen LogP contribution >= 0.6 is 0 Å². The van der Waals surface area contributed by atoms with E-state index in [4.69, 9.17) is 0 Å². The Morgan fingerprint density at radius 1 is 1.11 bits per heavy atom. The number of aromatic amines is 1. The van der Waals surface area contributed by atoms with E-state index in [1.54, 1.807) is 18.6 Å². The van der Waals surface area contributed by atoms with Gasteiger partial charge in [0, 0.05) is 18.8 Å². The van der Waals surface area contributed by atoms with Gasteiger partial charge in [0.05, 0.1) is 18.1 Å². The summed E-state index contributed by atoms with van der Waals surface area (Å²) >= 11 is 0. The van der Waals surface area contributed by atoms with Crippen LogP contribution in [0.25, 0.3) is 11.4 Å². The van der Waals surface area contributed by atoms with Crippen molar-refractivity contribution in [2.45, 2.75) is 19.3 Å². The molecule has 0 bridgehead atoms. The summed E-state index contributed by atoms with van der Waals surface area (Å²) in [6.07, 6.45) is 10.5. The summed E-state index contributed by atoms with van der Waals surface area (Å²) in [5, 5.41) is 3.38. The summed E-state index contributed by atoms with van der Waals surface area (Å²) in [5.74, 6) is 1.80. The second-order valence-corrected chi connectivity index (χ2v) is 4.73. The van der Waals surface area contributed by atoms with Gasteiger partial charge < -0.3 is 10.3 Å². The Hall–Kier alpha value is -1.75. The van der Waals surface area contributed by atoms with E-state index in [1.807, 2.05) is 6.20 Å². The molecule has 0 radical (unpaired) electrons. The predicted octanol–water partition coefficient (Wildman–Crippen LogP) is 1.41. The molecule has 3 rings (SSSR count). The van der Waals surface area contributed by atoms with Crippen LogP contribution in [0.15, 0.2) is 24.8 Å². The van der Waals surface area contributed by atoms with Crippen molar-refractivity contribution in [3.8, 4) is 11.4 Å². The van der Waals surface area contributed by atoms with Crippen LogP contribution in [0.3, 0.4) is 0 Å². The lowest BCUT2D eigenvalue weighted by Crippen LogP contribution is -2.28. The molecule has 1 fully saturated rings. The highest BCUT2D eigenvalue weighted by atomic mass is 14.9. The number of imidazole rings is 1. The molecule has 18 heavy (non-hydrogen) atoms. The van der Waals surface area contributed by atoms with Crippen molar-refractivity contribution in [3.05, 3.63) is 30.6 Å². The number of hydrogen-bond donors (Lipinski definition) is 2. The molecule has 2 N–H and O–H groups in total. The Morgan fingerprint density at radius 3 is 2.78 bits per heavy atom. The van der Waals surface area contributed by atoms with Crippen LogP contribution in [0.2, 0.25) is 0 Å². The predicted molar refractivity (Wildman–Crippen MR) is 68.9 cm³/mol. The fourth-order valence-electron chi connectivity index (χ4n) is 2.39. The molecular weight excluding hydrogens is 226 g/mol. The molecule has 0 atom stereocenters. The van der Waals surface area contributed by atoms with Gasteiger partial charge in [0.25, 0.3) is 0 Å². The summed E-state index contributed by atoms with van der Waals surface area (Å²) < 4.78 is 0. The maximum absolute atomic E-state index is 4.44. The van der Waals surface area contributed by atoms with Crippen molar-refractivity contribution in [1.82, 2.24) is 25.3 Å². The molecule has 94 valence electrons. The smallest absolute Gasteiger partial charge is 0.106 e. The van der Waals surface area contributed by atoms with E-state index >= 15 is 0 Å². The molecule has 1 aliphatic rings. The molecule has 5 nitrogen and oxygen atoms in total. The standard InChI is InChI=1S/C13H17N5/c1-3-14-4-2-10(1)7-13-17-9-12(18-13)11-8-15-5-6-16-11/h5-6,8-10,14H,1-4,7H2,(H,17,18). The van der Waals surface area contributed by atoms with Crippen LogP contribution in [-0.2, 0) is 6.42 Å². The number of piperidine rings is 1. The van der Waals surface area contributed by atoms with Gasteiger partial charge in [-0.3, -0.25) is 9.97 Å². The quantitative estimate of drug-likeness (QED) is 0.855. The summed E-state index contributed by atoms with van der Waals surface area (Å²) in [7, 11) is 0. The fraction of sp³-hybridized carbons (Fsp3) is 0.462. The van der Waals surface area contributed by atoms with Gasteiger partial charge in [-0.25, -0.2) is 4.98 Å². The summed E-state index contributed by atoms with van der Waals surface area (Å²) in [5.41, 5.74) is 1.80. The van der Waals surface area contributed by atoms with Gasteiger partial charge >= 0.3 is 0 Å². The highest BCUT2D eigenvalue weighted by molar-refractivity contribution is 5.51. The molecule has 0 amide bonds. The molecular formula is C13H17N5. The fourth-order valence-corrected chi connectivity index (χ4v) is 2.39. The summed E-state index contributed by atoms with van der Waals surface area (Å²) in [6.45, 7) is 2.25. The molecule has 0 saturated carbocycles. The molecule has 0 aliphatic carbocycles. The minimum atomic E-state index is 0.743. The third-order valence-electron chi connectivity index (χ3n) is 3.41. The number of nitrogens with one attached hydrogen (secondary N) is 2. The van der Waals surface area contributed by atoms with Gasteiger partial charge in [0.2, 0.25) is 0 Å². The minimum absolute atomic E-state index is 0.743. The average molecular weight is 243 g/mol. The van der Waals surface area contributed by atoms with E-state index in [2.05, 4.69) is 25.3 Å². The lowest BCUT2D eigenvalue weighted by molar-refractivity contribution is 0.368. The van der Waals surface area contributed by atoms with Crippen molar-refractivity contribution >= 4 is 0 Å². The molecule has 0 spiro atoms.